The smallest absolute Gasteiger partial charge is 0.214 e. The molecule has 4 N–H and O–H groups in total. The van der Waals surface area contributed by atoms with Crippen molar-refractivity contribution in [3.05, 3.63) is 40.7 Å². The molecule has 0 fully saturated rings. The van der Waals surface area contributed by atoms with E-state index in [0.717, 1.165) is 0 Å². The van der Waals surface area contributed by atoms with Crippen LogP contribution in [0.2, 0.25) is 0 Å². The lowest BCUT2D eigenvalue weighted by atomic mass is 9.86. The molecule has 1 aromatic carbocycles. The average molecular weight is 229 g/mol. The molecular weight excluding hydrogens is 222 g/mol. The van der Waals surface area contributed by atoms with E-state index < -0.39 is 11.6 Å². The van der Waals surface area contributed by atoms with Gasteiger partial charge < -0.3 is 10.8 Å². The van der Waals surface area contributed by atoms with Gasteiger partial charge in [0.25, 0.3) is 0 Å². The number of carbonyl (C=O) groups is 2. The Hall–Kier alpha value is -2.63. The number of anilines is 1. The van der Waals surface area contributed by atoms with E-state index in [1.807, 2.05) is 0 Å². The first-order valence-corrected chi connectivity index (χ1v) is 4.85. The summed E-state index contributed by atoms with van der Waals surface area (Å²) in [5.41, 5.74) is 6.08. The minimum atomic E-state index is -0.451. The van der Waals surface area contributed by atoms with E-state index in [9.17, 15) is 14.7 Å². The highest BCUT2D eigenvalue weighted by atomic mass is 16.3. The van der Waals surface area contributed by atoms with E-state index in [4.69, 9.17) is 5.73 Å². The van der Waals surface area contributed by atoms with Gasteiger partial charge in [0, 0.05) is 5.69 Å². The van der Waals surface area contributed by atoms with Crippen molar-refractivity contribution < 1.29 is 14.7 Å². The minimum Gasteiger partial charge on any atom is -0.507 e. The molecule has 0 bridgehead atoms. The van der Waals surface area contributed by atoms with Gasteiger partial charge in [-0.3, -0.25) is 14.7 Å². The molecule has 1 aromatic heterocycles. The molecule has 0 unspecified atom stereocenters. The number of phenolic OH excluding ortho intramolecular Hbond substituents is 1. The number of fused-ring (bicyclic) bond motifs is 2. The first kappa shape index (κ1) is 9.59. The van der Waals surface area contributed by atoms with Gasteiger partial charge in [-0.2, -0.15) is 5.10 Å². The monoisotopic (exact) mass is 229 g/mol. The largest absolute Gasteiger partial charge is 0.507 e. The second-order valence-electron chi connectivity index (χ2n) is 3.74. The summed E-state index contributed by atoms with van der Waals surface area (Å²) in [6, 6.07) is 2.69. The van der Waals surface area contributed by atoms with Gasteiger partial charge in [0.2, 0.25) is 11.6 Å². The predicted molar refractivity (Wildman–Crippen MR) is 58.0 cm³/mol. The van der Waals surface area contributed by atoms with Gasteiger partial charge in [0.15, 0.2) is 0 Å². The van der Waals surface area contributed by atoms with Crippen LogP contribution in [0.15, 0.2) is 18.3 Å². The first-order chi connectivity index (χ1) is 8.11. The Bertz CT molecular complexity index is 617. The van der Waals surface area contributed by atoms with Crippen LogP contribution in [-0.4, -0.2) is 26.9 Å². The maximum Gasteiger partial charge on any atom is 0.214 e. The molecular formula is C11H7N3O3. The molecule has 0 amide bonds. The van der Waals surface area contributed by atoms with Crippen LogP contribution in [0.3, 0.4) is 0 Å². The average Bonchev–Trinajstić information content (AvgIpc) is 2.78. The lowest BCUT2D eigenvalue weighted by Gasteiger charge is -2.16. The van der Waals surface area contributed by atoms with Gasteiger partial charge in [0.05, 0.1) is 22.9 Å². The number of H-pyrrole nitrogens is 1. The highest BCUT2D eigenvalue weighted by molar-refractivity contribution is 6.30. The van der Waals surface area contributed by atoms with Crippen molar-refractivity contribution in [3.8, 4) is 5.75 Å². The van der Waals surface area contributed by atoms with Crippen LogP contribution < -0.4 is 5.73 Å². The van der Waals surface area contributed by atoms with Crippen LogP contribution in [0, 0.1) is 0 Å². The van der Waals surface area contributed by atoms with Crippen LogP contribution in [0.25, 0.3) is 0 Å². The van der Waals surface area contributed by atoms with Gasteiger partial charge in [-0.05, 0) is 12.1 Å². The maximum absolute atomic E-state index is 12.1. The van der Waals surface area contributed by atoms with Gasteiger partial charge in [0.1, 0.15) is 11.4 Å². The van der Waals surface area contributed by atoms with E-state index in [1.165, 1.54) is 18.3 Å². The third kappa shape index (κ3) is 1.06. The third-order valence-electron chi connectivity index (χ3n) is 2.78. The summed E-state index contributed by atoms with van der Waals surface area (Å²) in [7, 11) is 0. The molecule has 84 valence electrons. The number of ketones is 2. The van der Waals surface area contributed by atoms with Gasteiger partial charge in [-0.1, -0.05) is 0 Å². The molecule has 1 aliphatic carbocycles. The Morgan fingerprint density at radius 1 is 1.18 bits per heavy atom. The summed E-state index contributed by atoms with van der Waals surface area (Å²) in [6.45, 7) is 0. The van der Waals surface area contributed by atoms with E-state index in [1.54, 1.807) is 0 Å². The summed E-state index contributed by atoms with van der Waals surface area (Å²) >= 11 is 0. The van der Waals surface area contributed by atoms with Crippen molar-refractivity contribution in [1.82, 2.24) is 10.2 Å². The molecule has 0 aliphatic heterocycles. The number of hydrogen-bond donors (Lipinski definition) is 3. The Kier molecular flexibility index (Phi) is 1.66. The van der Waals surface area contributed by atoms with Gasteiger partial charge in [-0.25, -0.2) is 0 Å². The normalized spacial score (nSPS) is 13.4. The summed E-state index contributed by atoms with van der Waals surface area (Å²) in [6.07, 6.45) is 1.27. The van der Waals surface area contributed by atoms with E-state index in [2.05, 4.69) is 10.2 Å². The summed E-state index contributed by atoms with van der Waals surface area (Å²) in [5.74, 6) is -1.13. The number of carbonyl (C=O) groups excluding carboxylic acids is 2. The SMILES string of the molecule is Nc1ccc(O)c2c1C(=O)c1[nH]ncc1C2=O. The molecule has 0 spiro atoms. The Labute approximate surface area is 95.1 Å². The van der Waals surface area contributed by atoms with Crippen LogP contribution in [0.5, 0.6) is 5.75 Å². The predicted octanol–water partition coefficient (Wildman–Crippen LogP) is 0.473. The fourth-order valence-corrected chi connectivity index (χ4v) is 1.97. The quantitative estimate of drug-likeness (QED) is 0.383. The van der Waals surface area contributed by atoms with Crippen molar-refractivity contribution in [2.45, 2.75) is 0 Å². The summed E-state index contributed by atoms with van der Waals surface area (Å²) in [5, 5.41) is 15.8. The Morgan fingerprint density at radius 3 is 2.71 bits per heavy atom. The second kappa shape index (κ2) is 2.94. The molecule has 0 atom stereocenters. The zero-order chi connectivity index (χ0) is 12.2. The third-order valence-corrected chi connectivity index (χ3v) is 2.78. The van der Waals surface area contributed by atoms with Crippen molar-refractivity contribution in [2.75, 3.05) is 5.73 Å². The zero-order valence-electron chi connectivity index (χ0n) is 8.52. The Balaban J connectivity index is 2.42. The van der Waals surface area contributed by atoms with Crippen molar-refractivity contribution in [3.63, 3.8) is 0 Å². The lowest BCUT2D eigenvalue weighted by molar-refractivity contribution is 0.0975. The number of aromatic amines is 1. The summed E-state index contributed by atoms with van der Waals surface area (Å²) in [4.78, 5) is 24.1. The Morgan fingerprint density at radius 2 is 1.94 bits per heavy atom. The number of nitrogens with two attached hydrogens (primary N) is 1. The molecule has 1 aliphatic rings. The number of hydrogen-bond acceptors (Lipinski definition) is 5. The second-order valence-corrected chi connectivity index (χ2v) is 3.74. The molecule has 1 heterocycles. The van der Waals surface area contributed by atoms with Crippen LogP contribution in [0.1, 0.15) is 32.0 Å². The van der Waals surface area contributed by atoms with E-state index in [0.29, 0.717) is 0 Å². The lowest BCUT2D eigenvalue weighted by Crippen LogP contribution is -2.21. The van der Waals surface area contributed by atoms with Gasteiger partial charge in [-0.15, -0.1) is 0 Å². The maximum atomic E-state index is 12.1. The number of rotatable bonds is 0. The number of aromatic nitrogens is 2. The molecule has 6 nitrogen and oxygen atoms in total. The highest BCUT2D eigenvalue weighted by Gasteiger charge is 2.35. The molecule has 0 saturated carbocycles. The number of nitrogen functional groups attached to an aromatic ring is 1. The standard InChI is InChI=1S/C11H7N3O3/c12-5-1-2-6(15)8-7(5)11(17)9-4(10(8)16)3-13-14-9/h1-3,15H,12H2,(H,13,14). The molecule has 6 heteroatoms. The van der Waals surface area contributed by atoms with Crippen molar-refractivity contribution in [1.29, 1.82) is 0 Å². The molecule has 2 aromatic rings. The number of nitrogens with one attached hydrogen (secondary N) is 1. The number of aromatic hydroxyl groups is 1. The van der Waals surface area contributed by atoms with Gasteiger partial charge >= 0.3 is 0 Å². The molecule has 3 rings (SSSR count). The van der Waals surface area contributed by atoms with Crippen LogP contribution >= 0.6 is 0 Å². The van der Waals surface area contributed by atoms with E-state index >= 15 is 0 Å². The topological polar surface area (TPSA) is 109 Å². The number of nitrogens with zero attached hydrogens (tertiary/aromatic N) is 1. The fourth-order valence-electron chi connectivity index (χ4n) is 1.97. The number of phenols is 1. The van der Waals surface area contributed by atoms with E-state index in [-0.39, 0.29) is 33.8 Å². The fraction of sp³-hybridized carbons (Fsp3) is 0. The minimum absolute atomic E-state index is 0.0340. The highest BCUT2D eigenvalue weighted by Crippen LogP contribution is 2.34. The van der Waals surface area contributed by atoms with Crippen LogP contribution in [0.4, 0.5) is 5.69 Å². The van der Waals surface area contributed by atoms with Crippen molar-refractivity contribution in [2.24, 2.45) is 0 Å². The van der Waals surface area contributed by atoms with Crippen LogP contribution in [-0.2, 0) is 0 Å². The molecule has 0 saturated heterocycles. The summed E-state index contributed by atoms with van der Waals surface area (Å²) < 4.78 is 0. The number of benzene rings is 1. The zero-order valence-corrected chi connectivity index (χ0v) is 8.52. The molecule has 17 heavy (non-hydrogen) atoms. The van der Waals surface area contributed by atoms with Crippen molar-refractivity contribution >= 4 is 17.3 Å². The first-order valence-electron chi connectivity index (χ1n) is 4.85. The molecule has 0 radical (unpaired) electrons.